The summed E-state index contributed by atoms with van der Waals surface area (Å²) in [6.07, 6.45) is 0. The molecule has 0 N–H and O–H groups in total. The minimum Gasteiger partial charge on any atom is -0.495 e. The summed E-state index contributed by atoms with van der Waals surface area (Å²) in [5.41, 5.74) is 1.00. The maximum atomic E-state index is 5.41. The van der Waals surface area contributed by atoms with E-state index < -0.39 is 0 Å². The molecule has 0 atom stereocenters. The Hall–Kier alpha value is -1.26. The van der Waals surface area contributed by atoms with Crippen molar-refractivity contribution in [2.24, 2.45) is 0 Å². The van der Waals surface area contributed by atoms with Crippen molar-refractivity contribution in [1.82, 2.24) is 0 Å². The van der Waals surface area contributed by atoms with Gasteiger partial charge in [0.05, 0.1) is 26.0 Å². The molecule has 82 valence electrons. The van der Waals surface area contributed by atoms with E-state index in [1.165, 1.54) is 0 Å². The number of ether oxygens (including phenoxy) is 3. The first kappa shape index (κ1) is 10.3. The standard InChI is InChI=1S/C11H15NO3/c1-13-11-5-3-2-4-10(11)12-8-14-6-7-15-9-12/h2-5H,6-9H2,1H3. The topological polar surface area (TPSA) is 30.9 Å². The minimum absolute atomic E-state index is 0.542. The largest absolute Gasteiger partial charge is 0.495 e. The summed E-state index contributed by atoms with van der Waals surface area (Å²) < 4.78 is 16.1. The van der Waals surface area contributed by atoms with E-state index in [0.29, 0.717) is 26.7 Å². The van der Waals surface area contributed by atoms with E-state index in [-0.39, 0.29) is 0 Å². The van der Waals surface area contributed by atoms with Gasteiger partial charge in [0.2, 0.25) is 0 Å². The molecule has 0 amide bonds. The average molecular weight is 209 g/mol. The van der Waals surface area contributed by atoms with Crippen LogP contribution in [0.3, 0.4) is 0 Å². The molecule has 0 spiro atoms. The van der Waals surface area contributed by atoms with E-state index in [4.69, 9.17) is 14.2 Å². The molecule has 4 nitrogen and oxygen atoms in total. The molecule has 0 aromatic heterocycles. The fourth-order valence-electron chi connectivity index (χ4n) is 1.53. The fourth-order valence-corrected chi connectivity index (χ4v) is 1.53. The molecule has 0 bridgehead atoms. The van der Waals surface area contributed by atoms with Gasteiger partial charge in [-0.05, 0) is 12.1 Å². The SMILES string of the molecule is COc1ccccc1N1COCCOC1. The van der Waals surface area contributed by atoms with Crippen LogP contribution in [0.1, 0.15) is 0 Å². The monoisotopic (exact) mass is 209 g/mol. The van der Waals surface area contributed by atoms with Crippen molar-refractivity contribution in [2.45, 2.75) is 0 Å². The molecule has 1 aliphatic rings. The first-order valence-corrected chi connectivity index (χ1v) is 4.95. The third-order valence-electron chi connectivity index (χ3n) is 2.29. The van der Waals surface area contributed by atoms with Crippen LogP contribution in [0.5, 0.6) is 5.75 Å². The molecule has 1 aliphatic heterocycles. The van der Waals surface area contributed by atoms with Gasteiger partial charge in [-0.1, -0.05) is 12.1 Å². The van der Waals surface area contributed by atoms with Crippen molar-refractivity contribution in [3.63, 3.8) is 0 Å². The Balaban J connectivity index is 2.18. The predicted molar refractivity (Wildman–Crippen MR) is 57.1 cm³/mol. The van der Waals surface area contributed by atoms with Crippen LogP contribution in [0.4, 0.5) is 5.69 Å². The van der Waals surface area contributed by atoms with Crippen LogP contribution in [0.2, 0.25) is 0 Å². The molecule has 0 radical (unpaired) electrons. The predicted octanol–water partition coefficient (Wildman–Crippen LogP) is 1.46. The van der Waals surface area contributed by atoms with Crippen molar-refractivity contribution in [3.05, 3.63) is 24.3 Å². The zero-order chi connectivity index (χ0) is 10.5. The van der Waals surface area contributed by atoms with Crippen LogP contribution in [0.25, 0.3) is 0 Å². The minimum atomic E-state index is 0.542. The Morgan fingerprint density at radius 3 is 2.47 bits per heavy atom. The number of methoxy groups -OCH3 is 1. The summed E-state index contributed by atoms with van der Waals surface area (Å²) in [6.45, 7) is 2.37. The van der Waals surface area contributed by atoms with E-state index in [0.717, 1.165) is 11.4 Å². The molecule has 0 unspecified atom stereocenters. The van der Waals surface area contributed by atoms with Crippen molar-refractivity contribution < 1.29 is 14.2 Å². The van der Waals surface area contributed by atoms with Crippen LogP contribution in [0, 0.1) is 0 Å². The summed E-state index contributed by atoms with van der Waals surface area (Å²) in [5, 5.41) is 0. The van der Waals surface area contributed by atoms with E-state index in [9.17, 15) is 0 Å². The maximum absolute atomic E-state index is 5.41. The van der Waals surface area contributed by atoms with Crippen LogP contribution in [-0.2, 0) is 9.47 Å². The number of para-hydroxylation sites is 2. The summed E-state index contributed by atoms with van der Waals surface area (Å²) >= 11 is 0. The summed E-state index contributed by atoms with van der Waals surface area (Å²) in [6, 6.07) is 7.85. The first-order chi connectivity index (χ1) is 7.42. The second kappa shape index (κ2) is 5.00. The van der Waals surface area contributed by atoms with E-state index >= 15 is 0 Å². The van der Waals surface area contributed by atoms with Gasteiger partial charge in [0, 0.05) is 0 Å². The molecular weight excluding hydrogens is 194 g/mol. The van der Waals surface area contributed by atoms with Gasteiger partial charge in [-0.25, -0.2) is 0 Å². The zero-order valence-electron chi connectivity index (χ0n) is 8.81. The van der Waals surface area contributed by atoms with Gasteiger partial charge < -0.3 is 19.1 Å². The van der Waals surface area contributed by atoms with E-state index in [1.807, 2.05) is 29.2 Å². The highest BCUT2D eigenvalue weighted by molar-refractivity contribution is 5.57. The lowest BCUT2D eigenvalue weighted by atomic mass is 10.3. The summed E-state index contributed by atoms with van der Waals surface area (Å²) in [4.78, 5) is 2.01. The Morgan fingerprint density at radius 2 is 1.80 bits per heavy atom. The van der Waals surface area contributed by atoms with E-state index in [1.54, 1.807) is 7.11 Å². The highest BCUT2D eigenvalue weighted by Gasteiger charge is 2.13. The van der Waals surface area contributed by atoms with Gasteiger partial charge in [0.1, 0.15) is 19.2 Å². The van der Waals surface area contributed by atoms with Crippen molar-refractivity contribution >= 4 is 5.69 Å². The van der Waals surface area contributed by atoms with Gasteiger partial charge in [-0.3, -0.25) is 0 Å². The molecule has 2 rings (SSSR count). The van der Waals surface area contributed by atoms with Crippen LogP contribution in [0.15, 0.2) is 24.3 Å². The highest BCUT2D eigenvalue weighted by atomic mass is 16.6. The highest BCUT2D eigenvalue weighted by Crippen LogP contribution is 2.27. The Bertz CT molecular complexity index is 308. The average Bonchev–Trinajstić information content (AvgIpc) is 2.57. The Labute approximate surface area is 89.4 Å². The lowest BCUT2D eigenvalue weighted by molar-refractivity contribution is 0.103. The Morgan fingerprint density at radius 1 is 1.13 bits per heavy atom. The van der Waals surface area contributed by atoms with Gasteiger partial charge >= 0.3 is 0 Å². The summed E-state index contributed by atoms with van der Waals surface area (Å²) in [5.74, 6) is 0.839. The van der Waals surface area contributed by atoms with Crippen molar-refractivity contribution in [2.75, 3.05) is 38.7 Å². The third-order valence-corrected chi connectivity index (χ3v) is 2.29. The number of hydrogen-bond acceptors (Lipinski definition) is 4. The maximum Gasteiger partial charge on any atom is 0.142 e. The normalized spacial score (nSPS) is 17.3. The lowest BCUT2D eigenvalue weighted by Gasteiger charge is -2.22. The molecular formula is C11H15NO3. The fraction of sp³-hybridized carbons (Fsp3) is 0.455. The van der Waals surface area contributed by atoms with Crippen LogP contribution < -0.4 is 9.64 Å². The molecule has 1 saturated heterocycles. The molecule has 1 fully saturated rings. The lowest BCUT2D eigenvalue weighted by Crippen LogP contribution is -2.26. The molecule has 15 heavy (non-hydrogen) atoms. The van der Waals surface area contributed by atoms with Gasteiger partial charge in [0.15, 0.2) is 0 Å². The second-order valence-electron chi connectivity index (χ2n) is 3.29. The van der Waals surface area contributed by atoms with Gasteiger partial charge in [-0.15, -0.1) is 0 Å². The Kier molecular flexibility index (Phi) is 3.42. The van der Waals surface area contributed by atoms with Crippen LogP contribution in [-0.4, -0.2) is 33.8 Å². The van der Waals surface area contributed by atoms with Crippen molar-refractivity contribution in [3.8, 4) is 5.75 Å². The molecule has 1 heterocycles. The number of benzene rings is 1. The molecule has 0 aliphatic carbocycles. The summed E-state index contributed by atoms with van der Waals surface area (Å²) in [7, 11) is 1.67. The molecule has 1 aromatic carbocycles. The number of rotatable bonds is 2. The number of hydrogen-bond donors (Lipinski definition) is 0. The second-order valence-corrected chi connectivity index (χ2v) is 3.29. The zero-order valence-corrected chi connectivity index (χ0v) is 8.81. The van der Waals surface area contributed by atoms with Crippen molar-refractivity contribution in [1.29, 1.82) is 0 Å². The van der Waals surface area contributed by atoms with Gasteiger partial charge in [-0.2, -0.15) is 0 Å². The quantitative estimate of drug-likeness (QED) is 0.738. The van der Waals surface area contributed by atoms with E-state index in [2.05, 4.69) is 0 Å². The molecule has 4 heteroatoms. The third kappa shape index (κ3) is 2.40. The number of anilines is 1. The first-order valence-electron chi connectivity index (χ1n) is 4.95. The number of nitrogens with zero attached hydrogens (tertiary/aromatic N) is 1. The molecule has 0 saturated carbocycles. The smallest absolute Gasteiger partial charge is 0.142 e. The molecule has 1 aromatic rings. The van der Waals surface area contributed by atoms with Gasteiger partial charge in [0.25, 0.3) is 0 Å². The van der Waals surface area contributed by atoms with Crippen LogP contribution >= 0.6 is 0 Å².